The summed E-state index contributed by atoms with van der Waals surface area (Å²) in [5.74, 6) is 0. The first-order valence-electron chi connectivity index (χ1n) is 7.20. The number of anilines is 1. The van der Waals surface area contributed by atoms with E-state index in [1.165, 1.54) is 35.0 Å². The number of hydrogen-bond acceptors (Lipinski definition) is 1. The average Bonchev–Trinajstić information content (AvgIpc) is 2.18. The van der Waals surface area contributed by atoms with Crippen LogP contribution in [0.15, 0.2) is 22.7 Å². The molecule has 106 valence electrons. The number of benzene rings is 1. The molecule has 1 aromatic carbocycles. The van der Waals surface area contributed by atoms with Gasteiger partial charge < -0.3 is 5.32 Å². The van der Waals surface area contributed by atoms with Crippen molar-refractivity contribution in [1.82, 2.24) is 0 Å². The number of halogens is 1. The lowest BCUT2D eigenvalue weighted by Crippen LogP contribution is -2.40. The number of nitrogens with one attached hydrogen (secondary N) is 1. The van der Waals surface area contributed by atoms with E-state index in [0.29, 0.717) is 16.9 Å². The van der Waals surface area contributed by atoms with Gasteiger partial charge in [-0.15, -0.1) is 0 Å². The van der Waals surface area contributed by atoms with Crippen LogP contribution in [0.1, 0.15) is 52.5 Å². The standard InChI is InChI=1S/C17H26BrN/c1-12-6-7-13(8-15(12)18)19-14-9-16(2,3)11-17(4,5)10-14/h6-8,14,19H,9-11H2,1-5H3. The van der Waals surface area contributed by atoms with E-state index < -0.39 is 0 Å². The lowest BCUT2D eigenvalue weighted by atomic mass is 9.63. The molecule has 0 amide bonds. The fourth-order valence-electron chi connectivity index (χ4n) is 3.87. The lowest BCUT2D eigenvalue weighted by Gasteiger charge is -2.45. The normalized spacial score (nSPS) is 22.2. The lowest BCUT2D eigenvalue weighted by molar-refractivity contribution is 0.105. The Kier molecular flexibility index (Phi) is 4.02. The predicted octanol–water partition coefficient (Wildman–Crippen LogP) is 5.77. The molecule has 1 N–H and O–H groups in total. The molecule has 0 spiro atoms. The Morgan fingerprint density at radius 3 is 2.21 bits per heavy atom. The highest BCUT2D eigenvalue weighted by atomic mass is 79.9. The Hall–Kier alpha value is -0.500. The van der Waals surface area contributed by atoms with Crippen LogP contribution in [0.25, 0.3) is 0 Å². The van der Waals surface area contributed by atoms with E-state index in [4.69, 9.17) is 0 Å². The summed E-state index contributed by atoms with van der Waals surface area (Å²) in [5, 5.41) is 3.73. The van der Waals surface area contributed by atoms with E-state index in [2.05, 4.69) is 74.1 Å². The Morgan fingerprint density at radius 2 is 1.68 bits per heavy atom. The monoisotopic (exact) mass is 323 g/mol. The van der Waals surface area contributed by atoms with Crippen LogP contribution in [-0.2, 0) is 0 Å². The minimum absolute atomic E-state index is 0.432. The molecule has 2 rings (SSSR count). The highest BCUT2D eigenvalue weighted by Gasteiger charge is 2.38. The van der Waals surface area contributed by atoms with Gasteiger partial charge in [-0.2, -0.15) is 0 Å². The topological polar surface area (TPSA) is 12.0 Å². The minimum Gasteiger partial charge on any atom is -0.382 e. The summed E-state index contributed by atoms with van der Waals surface area (Å²) in [6, 6.07) is 7.14. The maximum absolute atomic E-state index is 3.73. The van der Waals surface area contributed by atoms with Crippen LogP contribution in [0.5, 0.6) is 0 Å². The predicted molar refractivity (Wildman–Crippen MR) is 87.7 cm³/mol. The Labute approximate surface area is 126 Å². The van der Waals surface area contributed by atoms with Crippen LogP contribution in [0.3, 0.4) is 0 Å². The van der Waals surface area contributed by atoms with Gasteiger partial charge in [0.1, 0.15) is 0 Å². The molecular weight excluding hydrogens is 298 g/mol. The summed E-state index contributed by atoms with van der Waals surface area (Å²) in [6.45, 7) is 11.7. The van der Waals surface area contributed by atoms with E-state index in [1.807, 2.05) is 0 Å². The van der Waals surface area contributed by atoms with Crippen LogP contribution < -0.4 is 5.32 Å². The summed E-state index contributed by atoms with van der Waals surface area (Å²) in [5.41, 5.74) is 3.38. The first-order valence-corrected chi connectivity index (χ1v) is 7.99. The zero-order valence-electron chi connectivity index (χ0n) is 12.8. The van der Waals surface area contributed by atoms with Crippen LogP contribution in [0, 0.1) is 17.8 Å². The quantitative estimate of drug-likeness (QED) is 0.728. The second kappa shape index (κ2) is 5.12. The highest BCUT2D eigenvalue weighted by molar-refractivity contribution is 9.10. The van der Waals surface area contributed by atoms with Crippen LogP contribution in [0.4, 0.5) is 5.69 Å². The smallest absolute Gasteiger partial charge is 0.0353 e. The van der Waals surface area contributed by atoms with Gasteiger partial charge in [0.15, 0.2) is 0 Å². The molecule has 1 aliphatic rings. The van der Waals surface area contributed by atoms with E-state index in [-0.39, 0.29) is 0 Å². The van der Waals surface area contributed by atoms with Gasteiger partial charge in [0.25, 0.3) is 0 Å². The fraction of sp³-hybridized carbons (Fsp3) is 0.647. The Balaban J connectivity index is 2.11. The first-order chi connectivity index (χ1) is 8.67. The van der Waals surface area contributed by atoms with E-state index in [0.717, 1.165) is 0 Å². The summed E-state index contributed by atoms with van der Waals surface area (Å²) in [6.07, 6.45) is 3.82. The van der Waals surface area contributed by atoms with E-state index >= 15 is 0 Å². The van der Waals surface area contributed by atoms with Gasteiger partial charge in [0, 0.05) is 16.2 Å². The largest absolute Gasteiger partial charge is 0.382 e. The van der Waals surface area contributed by atoms with Gasteiger partial charge >= 0.3 is 0 Å². The molecular formula is C17H26BrN. The first kappa shape index (κ1) is 14.9. The Bertz CT molecular complexity index is 446. The highest BCUT2D eigenvalue weighted by Crippen LogP contribution is 2.46. The van der Waals surface area contributed by atoms with Crippen molar-refractivity contribution in [1.29, 1.82) is 0 Å². The van der Waals surface area contributed by atoms with Crippen molar-refractivity contribution in [3.05, 3.63) is 28.2 Å². The van der Waals surface area contributed by atoms with Crippen molar-refractivity contribution in [2.45, 2.75) is 59.9 Å². The van der Waals surface area contributed by atoms with Crippen molar-refractivity contribution >= 4 is 21.6 Å². The van der Waals surface area contributed by atoms with Crippen LogP contribution in [0.2, 0.25) is 0 Å². The van der Waals surface area contributed by atoms with Gasteiger partial charge in [-0.05, 0) is 54.7 Å². The minimum atomic E-state index is 0.432. The van der Waals surface area contributed by atoms with Gasteiger partial charge in [0.05, 0.1) is 0 Å². The van der Waals surface area contributed by atoms with Gasteiger partial charge in [-0.1, -0.05) is 49.7 Å². The van der Waals surface area contributed by atoms with Crippen LogP contribution >= 0.6 is 15.9 Å². The molecule has 0 aliphatic heterocycles. The maximum atomic E-state index is 3.73. The average molecular weight is 324 g/mol. The fourth-order valence-corrected chi connectivity index (χ4v) is 4.25. The molecule has 1 fully saturated rings. The van der Waals surface area contributed by atoms with E-state index in [9.17, 15) is 0 Å². The summed E-state index contributed by atoms with van der Waals surface area (Å²) in [4.78, 5) is 0. The SMILES string of the molecule is Cc1ccc(NC2CC(C)(C)CC(C)(C)C2)cc1Br. The zero-order chi connectivity index (χ0) is 14.3. The molecule has 0 saturated heterocycles. The number of rotatable bonds is 2. The van der Waals surface area contributed by atoms with Crippen molar-refractivity contribution < 1.29 is 0 Å². The molecule has 0 radical (unpaired) electrons. The maximum Gasteiger partial charge on any atom is 0.0353 e. The van der Waals surface area contributed by atoms with Crippen molar-refractivity contribution in [3.63, 3.8) is 0 Å². The molecule has 0 bridgehead atoms. The molecule has 0 heterocycles. The van der Waals surface area contributed by atoms with Crippen LogP contribution in [-0.4, -0.2) is 6.04 Å². The summed E-state index contributed by atoms with van der Waals surface area (Å²) >= 11 is 3.62. The van der Waals surface area contributed by atoms with Gasteiger partial charge in [0.2, 0.25) is 0 Å². The molecule has 1 aromatic rings. The summed E-state index contributed by atoms with van der Waals surface area (Å²) < 4.78 is 1.19. The number of aryl methyl sites for hydroxylation is 1. The van der Waals surface area contributed by atoms with Crippen molar-refractivity contribution in [2.24, 2.45) is 10.8 Å². The molecule has 0 atom stereocenters. The molecule has 1 nitrogen and oxygen atoms in total. The van der Waals surface area contributed by atoms with Crippen molar-refractivity contribution in [3.8, 4) is 0 Å². The number of hydrogen-bond donors (Lipinski definition) is 1. The third-order valence-electron chi connectivity index (χ3n) is 4.10. The second-order valence-electron chi connectivity index (χ2n) is 7.72. The second-order valence-corrected chi connectivity index (χ2v) is 8.57. The molecule has 19 heavy (non-hydrogen) atoms. The molecule has 2 heteroatoms. The molecule has 0 aromatic heterocycles. The van der Waals surface area contributed by atoms with Crippen molar-refractivity contribution in [2.75, 3.05) is 5.32 Å². The third kappa shape index (κ3) is 3.98. The summed E-state index contributed by atoms with van der Waals surface area (Å²) in [7, 11) is 0. The zero-order valence-corrected chi connectivity index (χ0v) is 14.4. The van der Waals surface area contributed by atoms with Gasteiger partial charge in [-0.3, -0.25) is 0 Å². The molecule has 0 unspecified atom stereocenters. The Morgan fingerprint density at radius 1 is 1.11 bits per heavy atom. The molecule has 1 aliphatic carbocycles. The third-order valence-corrected chi connectivity index (χ3v) is 4.95. The molecule has 1 saturated carbocycles. The van der Waals surface area contributed by atoms with E-state index in [1.54, 1.807) is 0 Å². The van der Waals surface area contributed by atoms with Gasteiger partial charge in [-0.25, -0.2) is 0 Å².